The maximum Gasteiger partial charge on any atom is 0.339 e. The van der Waals surface area contributed by atoms with Crippen molar-refractivity contribution < 1.29 is 33.0 Å². The third-order valence-electron chi connectivity index (χ3n) is 14.7. The highest BCUT2D eigenvalue weighted by atomic mass is 16.6. The molecule has 2 fully saturated rings. The van der Waals surface area contributed by atoms with E-state index in [0.717, 1.165) is 62.5 Å². The number of methoxy groups -OCH3 is 1. The molecule has 328 valence electrons. The van der Waals surface area contributed by atoms with Crippen LogP contribution in [0.15, 0.2) is 117 Å². The summed E-state index contributed by atoms with van der Waals surface area (Å²) in [5, 5.41) is 0.665. The maximum absolute atomic E-state index is 15.0. The summed E-state index contributed by atoms with van der Waals surface area (Å²) < 4.78 is 32.1. The molecule has 6 atom stereocenters. The summed E-state index contributed by atoms with van der Waals surface area (Å²) in [5.74, 6) is 0.0879. The number of rotatable bonds is 7. The molecule has 1 aromatic heterocycles. The molecule has 0 saturated heterocycles. The molecule has 4 heterocycles. The van der Waals surface area contributed by atoms with Gasteiger partial charge in [-0.2, -0.15) is 0 Å². The fourth-order valence-corrected chi connectivity index (χ4v) is 11.2. The Labute approximate surface area is 371 Å². The van der Waals surface area contributed by atoms with Crippen molar-refractivity contribution in [2.45, 2.75) is 127 Å². The van der Waals surface area contributed by atoms with E-state index in [-0.39, 0.29) is 41.6 Å². The molecule has 0 spiro atoms. The van der Waals surface area contributed by atoms with Gasteiger partial charge in [-0.05, 0) is 136 Å². The van der Waals surface area contributed by atoms with Crippen LogP contribution in [-0.2, 0) is 43.1 Å². The number of fused-ring (bicyclic) bond motifs is 11. The highest BCUT2D eigenvalue weighted by Gasteiger charge is 2.57. The van der Waals surface area contributed by atoms with E-state index in [9.17, 15) is 14.4 Å². The monoisotopic (exact) mass is 848 g/mol. The second-order valence-electron chi connectivity index (χ2n) is 18.9. The van der Waals surface area contributed by atoms with Gasteiger partial charge in [0, 0.05) is 42.4 Å². The number of aryl methyl sites for hydroxylation is 1. The molecule has 10 rings (SSSR count). The Hall–Kier alpha value is -5.47. The van der Waals surface area contributed by atoms with Crippen molar-refractivity contribution in [1.82, 2.24) is 0 Å². The second kappa shape index (κ2) is 18.3. The average molecular weight is 849 g/mol. The number of carbonyl (C=O) groups excluding carboxylic acids is 2. The molecule has 8 nitrogen and oxygen atoms in total. The molecule has 0 unspecified atom stereocenters. The molecule has 8 heteroatoms. The first-order valence-corrected chi connectivity index (χ1v) is 23.1. The molecule has 0 amide bonds. The van der Waals surface area contributed by atoms with Gasteiger partial charge in [0.1, 0.15) is 16.9 Å². The number of esters is 2. The van der Waals surface area contributed by atoms with Crippen molar-refractivity contribution in [3.63, 3.8) is 0 Å². The molecule has 0 radical (unpaired) electrons. The SMILES string of the molecule is COCCc1cc2ccc3c(c2oc1=O)[C@H]1OC(=O)C[C@@H]2C[C@H](c4cccc(Cc5ccccc5)c4)CC[C@H]2c2ccc(cc2)CCC(=C(C)C)C(=O)O[C@@H]1[C@](C)(C1CCCC1)O3. The van der Waals surface area contributed by atoms with Crippen LogP contribution < -0.4 is 10.4 Å². The minimum absolute atomic E-state index is 0.0135. The van der Waals surface area contributed by atoms with E-state index in [1.165, 1.54) is 22.3 Å². The summed E-state index contributed by atoms with van der Waals surface area (Å²) in [6.45, 7) is 6.25. The van der Waals surface area contributed by atoms with E-state index in [4.69, 9.17) is 23.4 Å². The van der Waals surface area contributed by atoms with Gasteiger partial charge in [-0.1, -0.05) is 97.3 Å². The van der Waals surface area contributed by atoms with Crippen molar-refractivity contribution in [1.29, 1.82) is 0 Å². The Bertz CT molecular complexity index is 2540. The lowest BCUT2D eigenvalue weighted by atomic mass is 9.68. The van der Waals surface area contributed by atoms with Gasteiger partial charge in [0.2, 0.25) is 0 Å². The first kappa shape index (κ1) is 42.8. The quantitative estimate of drug-likeness (QED) is 0.0907. The van der Waals surface area contributed by atoms with Crippen LogP contribution in [0.1, 0.15) is 135 Å². The van der Waals surface area contributed by atoms with Crippen molar-refractivity contribution >= 4 is 22.9 Å². The smallest absolute Gasteiger partial charge is 0.339 e. The zero-order valence-corrected chi connectivity index (χ0v) is 37.2. The summed E-state index contributed by atoms with van der Waals surface area (Å²) in [6, 6.07) is 33.9. The van der Waals surface area contributed by atoms with Gasteiger partial charge < -0.3 is 23.4 Å². The predicted octanol–water partition coefficient (Wildman–Crippen LogP) is 11.5. The van der Waals surface area contributed by atoms with Crippen molar-refractivity contribution in [3.05, 3.63) is 158 Å². The molecule has 63 heavy (non-hydrogen) atoms. The number of ether oxygens (including phenoxy) is 4. The van der Waals surface area contributed by atoms with Crippen molar-refractivity contribution in [2.75, 3.05) is 13.7 Å². The van der Waals surface area contributed by atoms with Gasteiger partial charge in [-0.25, -0.2) is 9.59 Å². The molecule has 2 saturated carbocycles. The van der Waals surface area contributed by atoms with E-state index >= 15 is 0 Å². The molecule has 3 aliphatic heterocycles. The topological polar surface area (TPSA) is 101 Å². The summed E-state index contributed by atoms with van der Waals surface area (Å²) in [7, 11) is 1.60. The summed E-state index contributed by atoms with van der Waals surface area (Å²) in [5.41, 5.74) is 7.34. The number of benzene rings is 4. The maximum atomic E-state index is 15.0. The van der Waals surface area contributed by atoms with E-state index < -0.39 is 29.4 Å². The van der Waals surface area contributed by atoms with Crippen LogP contribution in [0.25, 0.3) is 11.0 Å². The molecule has 5 aromatic rings. The molecule has 2 bridgehead atoms. The second-order valence-corrected chi connectivity index (χ2v) is 18.9. The first-order chi connectivity index (χ1) is 30.6. The van der Waals surface area contributed by atoms with Crippen LogP contribution in [0, 0.1) is 11.8 Å². The van der Waals surface area contributed by atoms with Gasteiger partial charge in [-0.3, -0.25) is 4.79 Å². The van der Waals surface area contributed by atoms with E-state index in [0.29, 0.717) is 53.7 Å². The van der Waals surface area contributed by atoms with E-state index in [1.54, 1.807) is 7.11 Å². The summed E-state index contributed by atoms with van der Waals surface area (Å²) >= 11 is 0. The minimum atomic E-state index is -1.09. The van der Waals surface area contributed by atoms with Gasteiger partial charge >= 0.3 is 17.6 Å². The highest BCUT2D eigenvalue weighted by molar-refractivity contribution is 5.90. The normalized spacial score (nSPS) is 25.4. The Morgan fingerprint density at radius 2 is 1.57 bits per heavy atom. The molecule has 2 aliphatic carbocycles. The number of allylic oxidation sites excluding steroid dienone is 1. The standard InChI is InChI=1S/C55H60O8/c1-34(2)45-24-19-35-17-20-38(21-18-35)46-25-22-40(39-14-10-13-37(30-39)29-36-11-6-5-7-12-36)31-43(46)33-48(56)60-51-49-47(26-23-41-32-42(27-28-59-4)53(57)61-50(41)49)63-55(3,44-15-8-9-16-44)52(51)62-54(45)58/h5-7,10-14,17-18,20-21,23,26,30,32,40,43-44,46,51-52H,8-9,15-16,19,22,24-25,27-29,31,33H2,1-4H3/t40-,43+,46+,51-,52+,55+/m1/s1. The lowest BCUT2D eigenvalue weighted by Gasteiger charge is -2.48. The fraction of sp³-hybridized carbons (Fsp3) is 0.436. The lowest BCUT2D eigenvalue weighted by molar-refractivity contribution is -0.199. The van der Waals surface area contributed by atoms with E-state index in [1.807, 2.05) is 45.0 Å². The molecular weight excluding hydrogens is 789 g/mol. The summed E-state index contributed by atoms with van der Waals surface area (Å²) in [6.07, 6.45) is 7.07. The van der Waals surface area contributed by atoms with Gasteiger partial charge in [0.05, 0.1) is 12.2 Å². The zero-order chi connectivity index (χ0) is 43.7. The largest absolute Gasteiger partial charge is 0.483 e. The van der Waals surface area contributed by atoms with Gasteiger partial charge in [0.15, 0.2) is 12.2 Å². The van der Waals surface area contributed by atoms with Crippen LogP contribution in [0.2, 0.25) is 0 Å². The van der Waals surface area contributed by atoms with Crippen molar-refractivity contribution in [2.24, 2.45) is 11.8 Å². The first-order valence-electron chi connectivity index (χ1n) is 23.1. The Balaban J connectivity index is 1.13. The lowest BCUT2D eigenvalue weighted by Crippen LogP contribution is -2.58. The molecule has 4 aromatic carbocycles. The van der Waals surface area contributed by atoms with Crippen LogP contribution in [0.3, 0.4) is 0 Å². The third kappa shape index (κ3) is 8.89. The number of hydrogen-bond donors (Lipinski definition) is 0. The van der Waals surface area contributed by atoms with Gasteiger partial charge in [-0.15, -0.1) is 0 Å². The molecular formula is C55H60O8. The molecule has 5 aliphatic rings. The number of carbonyl (C=O) groups is 2. The third-order valence-corrected chi connectivity index (χ3v) is 14.7. The minimum Gasteiger partial charge on any atom is -0.483 e. The Morgan fingerprint density at radius 3 is 2.33 bits per heavy atom. The Morgan fingerprint density at radius 1 is 0.794 bits per heavy atom. The fourth-order valence-electron chi connectivity index (χ4n) is 11.2. The van der Waals surface area contributed by atoms with Gasteiger partial charge in [0.25, 0.3) is 0 Å². The predicted molar refractivity (Wildman–Crippen MR) is 244 cm³/mol. The van der Waals surface area contributed by atoms with Crippen molar-refractivity contribution in [3.8, 4) is 5.75 Å². The zero-order valence-electron chi connectivity index (χ0n) is 37.2. The van der Waals surface area contributed by atoms with Crippen LogP contribution in [0.5, 0.6) is 5.75 Å². The average Bonchev–Trinajstić information content (AvgIpc) is 3.84. The van der Waals surface area contributed by atoms with Crippen LogP contribution in [-0.4, -0.2) is 37.4 Å². The van der Waals surface area contributed by atoms with Crippen LogP contribution >= 0.6 is 0 Å². The Kier molecular flexibility index (Phi) is 12.5. The number of hydrogen-bond acceptors (Lipinski definition) is 8. The van der Waals surface area contributed by atoms with E-state index in [2.05, 4.69) is 72.8 Å². The van der Waals surface area contributed by atoms with Crippen LogP contribution in [0.4, 0.5) is 0 Å². The highest BCUT2D eigenvalue weighted by Crippen LogP contribution is 2.53. The molecule has 0 N–H and O–H groups in total. The summed E-state index contributed by atoms with van der Waals surface area (Å²) in [4.78, 5) is 43.2.